The highest BCUT2D eigenvalue weighted by Gasteiger charge is 2.33. The van der Waals surface area contributed by atoms with Crippen LogP contribution < -0.4 is 0 Å². The van der Waals surface area contributed by atoms with Gasteiger partial charge in [0.25, 0.3) is 0 Å². The molecule has 1 heterocycles. The Bertz CT molecular complexity index is 208. The third-order valence-electron chi connectivity index (χ3n) is 1.73. The van der Waals surface area contributed by atoms with E-state index in [1.165, 1.54) is 21.3 Å². The number of hydrogen-bond acceptors (Lipinski definition) is 3. The maximum atomic E-state index is 5.10. The maximum Gasteiger partial charge on any atom is 0.326 e. The Morgan fingerprint density at radius 2 is 1.75 bits per heavy atom. The third-order valence-corrected chi connectivity index (χ3v) is 1.73. The molecule has 0 saturated heterocycles. The number of aromatic nitrogens is 1. The predicted molar refractivity (Wildman–Crippen MR) is 43.5 cm³/mol. The molecule has 1 aromatic heterocycles. The molecule has 0 aliphatic heterocycles. The topological polar surface area (TPSA) is 43.5 Å². The number of rotatable bonds is 4. The average Bonchev–Trinajstić information content (AvgIpc) is 2.62. The van der Waals surface area contributed by atoms with Crippen LogP contribution in [0.3, 0.4) is 0 Å². The van der Waals surface area contributed by atoms with Crippen LogP contribution in [0.25, 0.3) is 0 Å². The third kappa shape index (κ3) is 1.36. The molecular weight excluding hydrogens is 158 g/mol. The zero-order valence-corrected chi connectivity index (χ0v) is 7.46. The molecule has 4 heteroatoms. The minimum atomic E-state index is -1.11. The van der Waals surface area contributed by atoms with Crippen molar-refractivity contribution in [2.45, 2.75) is 5.97 Å². The van der Waals surface area contributed by atoms with Crippen LogP contribution in [0.5, 0.6) is 0 Å². The minimum Gasteiger partial charge on any atom is -0.358 e. The van der Waals surface area contributed by atoms with E-state index in [1.54, 1.807) is 6.20 Å². The summed E-state index contributed by atoms with van der Waals surface area (Å²) in [7, 11) is 4.56. The zero-order chi connectivity index (χ0) is 9.03. The summed E-state index contributed by atoms with van der Waals surface area (Å²) in [6.07, 6.45) is 1.78. The molecule has 0 aromatic carbocycles. The quantitative estimate of drug-likeness (QED) is 0.689. The molecule has 4 nitrogen and oxygen atoms in total. The van der Waals surface area contributed by atoms with E-state index in [-0.39, 0.29) is 0 Å². The Hall–Kier alpha value is -0.840. The first-order valence-electron chi connectivity index (χ1n) is 3.58. The zero-order valence-electron chi connectivity index (χ0n) is 7.46. The molecule has 0 spiro atoms. The molecular formula is C8H13NO3. The van der Waals surface area contributed by atoms with Crippen molar-refractivity contribution in [2.24, 2.45) is 0 Å². The number of hydrogen-bond donors (Lipinski definition) is 1. The van der Waals surface area contributed by atoms with Gasteiger partial charge in [0.05, 0.1) is 0 Å². The smallest absolute Gasteiger partial charge is 0.326 e. The van der Waals surface area contributed by atoms with Gasteiger partial charge in [-0.25, -0.2) is 0 Å². The Labute approximate surface area is 71.4 Å². The predicted octanol–water partition coefficient (Wildman–Crippen LogP) is 1.06. The molecule has 1 aromatic rings. The number of methoxy groups -OCH3 is 3. The van der Waals surface area contributed by atoms with Crippen molar-refractivity contribution in [3.63, 3.8) is 0 Å². The van der Waals surface area contributed by atoms with Gasteiger partial charge in [0, 0.05) is 27.5 Å². The molecule has 0 radical (unpaired) electrons. The molecule has 0 saturated carbocycles. The highest BCUT2D eigenvalue weighted by Crippen LogP contribution is 2.24. The summed E-state index contributed by atoms with van der Waals surface area (Å²) < 4.78 is 15.3. The summed E-state index contributed by atoms with van der Waals surface area (Å²) in [4.78, 5) is 2.96. The van der Waals surface area contributed by atoms with Gasteiger partial charge in [0.2, 0.25) is 0 Å². The van der Waals surface area contributed by atoms with E-state index in [0.717, 1.165) is 5.69 Å². The van der Waals surface area contributed by atoms with Gasteiger partial charge in [-0.15, -0.1) is 0 Å². The van der Waals surface area contributed by atoms with Crippen molar-refractivity contribution in [1.82, 2.24) is 4.98 Å². The van der Waals surface area contributed by atoms with Crippen molar-refractivity contribution < 1.29 is 14.2 Å². The van der Waals surface area contributed by atoms with E-state index in [4.69, 9.17) is 14.2 Å². The molecule has 0 unspecified atom stereocenters. The highest BCUT2D eigenvalue weighted by atomic mass is 16.9. The standard InChI is InChI=1S/C8H13NO3/c1-10-8(11-2,12-3)7-5-4-6-9-7/h4-6,9H,1-3H3. The normalized spacial score (nSPS) is 11.9. The van der Waals surface area contributed by atoms with Gasteiger partial charge in [-0.3, -0.25) is 0 Å². The Morgan fingerprint density at radius 1 is 1.17 bits per heavy atom. The van der Waals surface area contributed by atoms with Crippen LogP contribution in [0.4, 0.5) is 0 Å². The fourth-order valence-electron chi connectivity index (χ4n) is 1.10. The molecule has 68 valence electrons. The molecule has 0 fully saturated rings. The summed E-state index contributed by atoms with van der Waals surface area (Å²) in [5, 5.41) is 0. The van der Waals surface area contributed by atoms with Crippen LogP contribution in [0, 0.1) is 0 Å². The van der Waals surface area contributed by atoms with Crippen molar-refractivity contribution >= 4 is 0 Å². The molecule has 12 heavy (non-hydrogen) atoms. The molecule has 1 N–H and O–H groups in total. The van der Waals surface area contributed by atoms with Crippen molar-refractivity contribution in [3.05, 3.63) is 24.0 Å². The first kappa shape index (κ1) is 9.25. The number of nitrogens with one attached hydrogen (secondary N) is 1. The first-order chi connectivity index (χ1) is 5.79. The van der Waals surface area contributed by atoms with E-state index in [0.29, 0.717) is 0 Å². The van der Waals surface area contributed by atoms with Crippen molar-refractivity contribution in [3.8, 4) is 0 Å². The van der Waals surface area contributed by atoms with Crippen molar-refractivity contribution in [1.29, 1.82) is 0 Å². The van der Waals surface area contributed by atoms with Crippen LogP contribution in [-0.2, 0) is 20.2 Å². The molecule has 0 atom stereocenters. The van der Waals surface area contributed by atoms with Gasteiger partial charge in [-0.2, -0.15) is 0 Å². The van der Waals surface area contributed by atoms with E-state index < -0.39 is 5.97 Å². The van der Waals surface area contributed by atoms with E-state index in [9.17, 15) is 0 Å². The van der Waals surface area contributed by atoms with E-state index in [2.05, 4.69) is 4.98 Å². The number of ether oxygens (including phenoxy) is 3. The Balaban J connectivity index is 2.93. The number of aromatic amines is 1. The van der Waals surface area contributed by atoms with Crippen LogP contribution >= 0.6 is 0 Å². The van der Waals surface area contributed by atoms with Gasteiger partial charge >= 0.3 is 5.97 Å². The van der Waals surface area contributed by atoms with Crippen LogP contribution in [0.2, 0.25) is 0 Å². The van der Waals surface area contributed by atoms with Gasteiger partial charge in [0.15, 0.2) is 0 Å². The summed E-state index contributed by atoms with van der Waals surface area (Å²) in [5.41, 5.74) is 0.731. The van der Waals surface area contributed by atoms with Gasteiger partial charge in [0.1, 0.15) is 5.69 Å². The fourth-order valence-corrected chi connectivity index (χ4v) is 1.10. The second-order valence-electron chi connectivity index (χ2n) is 2.25. The maximum absolute atomic E-state index is 5.10. The molecule has 1 rings (SSSR count). The summed E-state index contributed by atoms with van der Waals surface area (Å²) in [5.74, 6) is -1.11. The second kappa shape index (κ2) is 3.71. The molecule has 0 amide bonds. The molecule has 0 aliphatic carbocycles. The van der Waals surface area contributed by atoms with Gasteiger partial charge in [-0.05, 0) is 12.1 Å². The molecule has 0 aliphatic rings. The lowest BCUT2D eigenvalue weighted by Crippen LogP contribution is -2.33. The lowest BCUT2D eigenvalue weighted by Gasteiger charge is -2.27. The average molecular weight is 171 g/mol. The summed E-state index contributed by atoms with van der Waals surface area (Å²) >= 11 is 0. The SMILES string of the molecule is COC(OC)(OC)c1ccc[nH]1. The van der Waals surface area contributed by atoms with Gasteiger partial charge in [-0.1, -0.05) is 0 Å². The van der Waals surface area contributed by atoms with Crippen LogP contribution in [0.15, 0.2) is 18.3 Å². The largest absolute Gasteiger partial charge is 0.358 e. The lowest BCUT2D eigenvalue weighted by molar-refractivity contribution is -0.366. The molecule has 0 bridgehead atoms. The Morgan fingerprint density at radius 3 is 2.08 bits per heavy atom. The van der Waals surface area contributed by atoms with E-state index >= 15 is 0 Å². The highest BCUT2D eigenvalue weighted by molar-refractivity contribution is 5.07. The second-order valence-corrected chi connectivity index (χ2v) is 2.25. The summed E-state index contributed by atoms with van der Waals surface area (Å²) in [6, 6.07) is 3.68. The van der Waals surface area contributed by atoms with Gasteiger partial charge < -0.3 is 19.2 Å². The number of H-pyrrole nitrogens is 1. The van der Waals surface area contributed by atoms with E-state index in [1.807, 2.05) is 12.1 Å². The van der Waals surface area contributed by atoms with Crippen LogP contribution in [0.1, 0.15) is 5.69 Å². The van der Waals surface area contributed by atoms with Crippen LogP contribution in [-0.4, -0.2) is 26.3 Å². The minimum absolute atomic E-state index is 0.731. The summed E-state index contributed by atoms with van der Waals surface area (Å²) in [6.45, 7) is 0. The fraction of sp³-hybridized carbons (Fsp3) is 0.500. The van der Waals surface area contributed by atoms with Crippen molar-refractivity contribution in [2.75, 3.05) is 21.3 Å². The first-order valence-corrected chi connectivity index (χ1v) is 3.58. The monoisotopic (exact) mass is 171 g/mol. The Kier molecular flexibility index (Phi) is 2.86. The lowest BCUT2D eigenvalue weighted by atomic mass is 10.4.